The molecule has 0 spiro atoms. The molecule has 3 heteroatoms. The largest absolute Gasteiger partial charge is 0.468 e. The molecule has 0 amide bonds. The van der Waals surface area contributed by atoms with Crippen molar-refractivity contribution in [2.45, 2.75) is 50.5 Å². The van der Waals surface area contributed by atoms with Crippen LogP contribution >= 0.6 is 0 Å². The van der Waals surface area contributed by atoms with Gasteiger partial charge in [0.25, 0.3) is 0 Å². The Morgan fingerprint density at radius 2 is 1.88 bits per heavy atom. The maximum atomic E-state index is 11.9. The minimum atomic E-state index is -0.540. The van der Waals surface area contributed by atoms with Gasteiger partial charge in [0, 0.05) is 0 Å². The first-order chi connectivity index (χ1) is 7.75. The van der Waals surface area contributed by atoms with E-state index < -0.39 is 5.54 Å². The Kier molecular flexibility index (Phi) is 5.34. The van der Waals surface area contributed by atoms with Crippen LogP contribution in [0.1, 0.15) is 44.9 Å². The Labute approximate surface area is 97.9 Å². The van der Waals surface area contributed by atoms with Crippen LogP contribution in [-0.2, 0) is 9.53 Å². The highest BCUT2D eigenvalue weighted by molar-refractivity contribution is 5.80. The molecule has 0 unspecified atom stereocenters. The highest BCUT2D eigenvalue weighted by Gasteiger charge is 2.38. The molecule has 1 aliphatic carbocycles. The molecule has 90 valence electrons. The maximum absolute atomic E-state index is 11.9. The third kappa shape index (κ3) is 3.24. The summed E-state index contributed by atoms with van der Waals surface area (Å²) in [6.45, 7) is 0.426. The molecular weight excluding hydrogens is 202 g/mol. The molecule has 0 aromatic rings. The number of hydrogen-bond donors (Lipinski definition) is 1. The second-order valence-electron chi connectivity index (χ2n) is 4.40. The molecule has 1 aliphatic rings. The lowest BCUT2D eigenvalue weighted by Crippen LogP contribution is -2.53. The van der Waals surface area contributed by atoms with Gasteiger partial charge in [0.15, 0.2) is 0 Å². The highest BCUT2D eigenvalue weighted by atomic mass is 16.5. The number of rotatable bonds is 3. The van der Waals surface area contributed by atoms with E-state index in [2.05, 4.69) is 11.2 Å². The van der Waals surface area contributed by atoms with Gasteiger partial charge >= 0.3 is 5.97 Å². The van der Waals surface area contributed by atoms with Crippen LogP contribution in [-0.4, -0.2) is 25.2 Å². The number of carbonyl (C=O) groups excluding carboxylic acids is 1. The minimum Gasteiger partial charge on any atom is -0.468 e. The molecule has 0 bridgehead atoms. The molecule has 0 heterocycles. The molecule has 0 radical (unpaired) electrons. The molecule has 1 saturated carbocycles. The molecule has 0 aromatic carbocycles. The number of ether oxygens (including phenoxy) is 1. The van der Waals surface area contributed by atoms with Crippen LogP contribution in [0.2, 0.25) is 0 Å². The molecule has 3 nitrogen and oxygen atoms in total. The van der Waals surface area contributed by atoms with E-state index >= 15 is 0 Å². The number of carbonyl (C=O) groups is 1. The normalized spacial score (nSPS) is 20.2. The summed E-state index contributed by atoms with van der Waals surface area (Å²) >= 11 is 0. The van der Waals surface area contributed by atoms with Crippen LogP contribution in [0.5, 0.6) is 0 Å². The van der Waals surface area contributed by atoms with E-state index in [0.29, 0.717) is 6.54 Å². The average molecular weight is 223 g/mol. The van der Waals surface area contributed by atoms with E-state index in [0.717, 1.165) is 25.7 Å². The first-order valence-electron chi connectivity index (χ1n) is 6.02. The van der Waals surface area contributed by atoms with Crippen molar-refractivity contribution in [1.82, 2.24) is 5.32 Å². The van der Waals surface area contributed by atoms with E-state index in [1.54, 1.807) is 0 Å². The van der Waals surface area contributed by atoms with Crippen LogP contribution in [0.25, 0.3) is 0 Å². The van der Waals surface area contributed by atoms with Crippen molar-refractivity contribution >= 4 is 5.97 Å². The van der Waals surface area contributed by atoms with Gasteiger partial charge in [-0.3, -0.25) is 10.1 Å². The van der Waals surface area contributed by atoms with Gasteiger partial charge in [0.1, 0.15) is 5.54 Å². The van der Waals surface area contributed by atoms with Gasteiger partial charge in [0.05, 0.1) is 13.7 Å². The molecule has 0 atom stereocenters. The topological polar surface area (TPSA) is 38.3 Å². The van der Waals surface area contributed by atoms with Crippen molar-refractivity contribution < 1.29 is 9.53 Å². The number of nitrogens with one attached hydrogen (secondary N) is 1. The SMILES string of the molecule is C#CCNC1(C(=O)OC)CCCCCCC1. The Bertz CT molecular complexity index is 260. The molecule has 0 aliphatic heterocycles. The second-order valence-corrected chi connectivity index (χ2v) is 4.40. The van der Waals surface area contributed by atoms with Gasteiger partial charge in [-0.05, 0) is 12.8 Å². The molecule has 0 aromatic heterocycles. The van der Waals surface area contributed by atoms with Crippen LogP contribution < -0.4 is 5.32 Å². The number of terminal acetylenes is 1. The summed E-state index contributed by atoms with van der Waals surface area (Å²) in [5.74, 6) is 2.37. The zero-order chi connectivity index (χ0) is 11.9. The van der Waals surface area contributed by atoms with Crippen molar-refractivity contribution in [3.8, 4) is 12.3 Å². The zero-order valence-electron chi connectivity index (χ0n) is 10.1. The number of esters is 1. The first kappa shape index (κ1) is 13.1. The van der Waals surface area contributed by atoms with Crippen LogP contribution in [0.3, 0.4) is 0 Å². The highest BCUT2D eigenvalue weighted by Crippen LogP contribution is 2.27. The molecular formula is C13H21NO2. The lowest BCUT2D eigenvalue weighted by atomic mass is 9.84. The monoisotopic (exact) mass is 223 g/mol. The third-order valence-corrected chi connectivity index (χ3v) is 3.31. The Balaban J connectivity index is 2.73. The van der Waals surface area contributed by atoms with E-state index in [1.165, 1.54) is 26.4 Å². The van der Waals surface area contributed by atoms with E-state index in [4.69, 9.17) is 11.2 Å². The predicted octanol–water partition coefficient (Wildman–Crippen LogP) is 1.87. The van der Waals surface area contributed by atoms with E-state index in [-0.39, 0.29) is 5.97 Å². The van der Waals surface area contributed by atoms with Crippen molar-refractivity contribution in [3.63, 3.8) is 0 Å². The van der Waals surface area contributed by atoms with Gasteiger partial charge in [-0.15, -0.1) is 6.42 Å². The van der Waals surface area contributed by atoms with E-state index in [1.807, 2.05) is 0 Å². The molecule has 1 rings (SSSR count). The van der Waals surface area contributed by atoms with Crippen LogP contribution in [0.15, 0.2) is 0 Å². The zero-order valence-corrected chi connectivity index (χ0v) is 10.1. The van der Waals surface area contributed by atoms with Gasteiger partial charge in [-0.2, -0.15) is 0 Å². The van der Waals surface area contributed by atoms with Gasteiger partial charge in [-0.1, -0.05) is 38.0 Å². The maximum Gasteiger partial charge on any atom is 0.326 e. The second kappa shape index (κ2) is 6.55. The average Bonchev–Trinajstić information content (AvgIpc) is 2.27. The standard InChI is InChI=1S/C13H21NO2/c1-3-11-14-13(12(15)16-2)9-7-5-4-6-8-10-13/h1,14H,4-11H2,2H3. The number of hydrogen-bond acceptors (Lipinski definition) is 3. The predicted molar refractivity (Wildman–Crippen MR) is 63.9 cm³/mol. The molecule has 1 fully saturated rings. The van der Waals surface area contributed by atoms with Crippen LogP contribution in [0.4, 0.5) is 0 Å². The van der Waals surface area contributed by atoms with Crippen molar-refractivity contribution in [1.29, 1.82) is 0 Å². The quantitative estimate of drug-likeness (QED) is 0.586. The lowest BCUT2D eigenvalue weighted by molar-refractivity contribution is -0.149. The first-order valence-corrected chi connectivity index (χ1v) is 6.02. The third-order valence-electron chi connectivity index (χ3n) is 3.31. The minimum absolute atomic E-state index is 0.162. The fourth-order valence-electron chi connectivity index (χ4n) is 2.38. The summed E-state index contributed by atoms with van der Waals surface area (Å²) in [4.78, 5) is 11.9. The summed E-state index contributed by atoms with van der Waals surface area (Å²) < 4.78 is 4.92. The Morgan fingerprint density at radius 3 is 2.38 bits per heavy atom. The van der Waals surface area contributed by atoms with Crippen molar-refractivity contribution in [2.75, 3.05) is 13.7 Å². The molecule has 0 saturated heterocycles. The van der Waals surface area contributed by atoms with Crippen molar-refractivity contribution in [2.24, 2.45) is 0 Å². The Hall–Kier alpha value is -1.01. The summed E-state index contributed by atoms with van der Waals surface area (Å²) in [6, 6.07) is 0. The van der Waals surface area contributed by atoms with Gasteiger partial charge in [-0.25, -0.2) is 0 Å². The Morgan fingerprint density at radius 1 is 1.31 bits per heavy atom. The van der Waals surface area contributed by atoms with E-state index in [9.17, 15) is 4.79 Å². The lowest BCUT2D eigenvalue weighted by Gasteiger charge is -2.33. The summed E-state index contributed by atoms with van der Waals surface area (Å²) in [5, 5.41) is 3.19. The fourth-order valence-corrected chi connectivity index (χ4v) is 2.38. The van der Waals surface area contributed by atoms with Crippen molar-refractivity contribution in [3.05, 3.63) is 0 Å². The summed E-state index contributed by atoms with van der Waals surface area (Å²) in [6.07, 6.45) is 12.7. The van der Waals surface area contributed by atoms with Crippen LogP contribution in [0, 0.1) is 12.3 Å². The fraction of sp³-hybridized carbons (Fsp3) is 0.769. The summed E-state index contributed by atoms with van der Waals surface area (Å²) in [7, 11) is 1.44. The smallest absolute Gasteiger partial charge is 0.326 e. The number of methoxy groups -OCH3 is 1. The molecule has 16 heavy (non-hydrogen) atoms. The molecule has 1 N–H and O–H groups in total. The summed E-state index contributed by atoms with van der Waals surface area (Å²) in [5.41, 5.74) is -0.540. The van der Waals surface area contributed by atoms with Gasteiger partial charge in [0.2, 0.25) is 0 Å². The van der Waals surface area contributed by atoms with Gasteiger partial charge < -0.3 is 4.74 Å².